The van der Waals surface area contributed by atoms with Crippen LogP contribution in [0.15, 0.2) is 30.3 Å². The Morgan fingerprint density at radius 2 is 2.07 bits per heavy atom. The third-order valence-corrected chi connectivity index (χ3v) is 2.51. The monoisotopic (exact) mass is 207 g/mol. The van der Waals surface area contributed by atoms with Crippen LogP contribution in [-0.4, -0.2) is 11.3 Å². The van der Waals surface area contributed by atoms with E-state index in [1.54, 1.807) is 0 Å². The van der Waals surface area contributed by atoms with Gasteiger partial charge in [-0.2, -0.15) is 0 Å². The number of rotatable bonds is 2. The molecule has 1 fully saturated rings. The molecular formula is C10H13N3S. The Morgan fingerprint density at radius 3 is 2.64 bits per heavy atom. The molecule has 1 aliphatic rings. The van der Waals surface area contributed by atoms with Crippen LogP contribution in [0, 0.1) is 0 Å². The normalized spacial score (nSPS) is 21.1. The lowest BCUT2D eigenvalue weighted by atomic mass is 10.3. The van der Waals surface area contributed by atoms with E-state index < -0.39 is 0 Å². The zero-order valence-corrected chi connectivity index (χ0v) is 8.84. The predicted molar refractivity (Wildman–Crippen MR) is 61.9 cm³/mol. The molecule has 1 aromatic rings. The van der Waals surface area contributed by atoms with E-state index in [0.29, 0.717) is 0 Å². The number of thiocarbonyl (C=S) groups is 1. The fourth-order valence-electron chi connectivity index (χ4n) is 1.42. The Labute approximate surface area is 89.1 Å². The number of benzene rings is 1. The highest BCUT2D eigenvalue weighted by molar-refractivity contribution is 7.80. The van der Waals surface area contributed by atoms with Crippen LogP contribution in [-0.2, 0) is 0 Å². The van der Waals surface area contributed by atoms with Crippen LogP contribution in [0.1, 0.15) is 13.3 Å². The Morgan fingerprint density at radius 1 is 1.36 bits per heavy atom. The Balaban J connectivity index is 2.17. The van der Waals surface area contributed by atoms with E-state index in [1.165, 1.54) is 0 Å². The molecule has 14 heavy (non-hydrogen) atoms. The van der Waals surface area contributed by atoms with Gasteiger partial charge in [0.2, 0.25) is 0 Å². The molecule has 0 aromatic heterocycles. The number of hydrogen-bond donors (Lipinski definition) is 2. The highest BCUT2D eigenvalue weighted by atomic mass is 32.1. The summed E-state index contributed by atoms with van der Waals surface area (Å²) in [5.74, 6) is 0. The maximum absolute atomic E-state index is 5.22. The summed E-state index contributed by atoms with van der Waals surface area (Å²) < 4.78 is 0. The molecule has 0 saturated carbocycles. The van der Waals surface area contributed by atoms with Crippen LogP contribution in [0.5, 0.6) is 0 Å². The molecule has 0 amide bonds. The molecule has 1 heterocycles. The molecule has 1 saturated heterocycles. The standard InChI is InChI=1S/C10H13N3S/c1-2-9-11-10(14)13(12-9)8-6-4-3-5-7-8/h3-7,9,12H,2H2,1H3,(H,11,14). The minimum atomic E-state index is 0.253. The summed E-state index contributed by atoms with van der Waals surface area (Å²) in [7, 11) is 0. The zero-order valence-electron chi connectivity index (χ0n) is 8.03. The fraction of sp³-hybridized carbons (Fsp3) is 0.300. The van der Waals surface area contributed by atoms with Gasteiger partial charge in [0.15, 0.2) is 5.11 Å². The Bertz CT molecular complexity index is 325. The van der Waals surface area contributed by atoms with Crippen molar-refractivity contribution in [3.8, 4) is 0 Å². The van der Waals surface area contributed by atoms with Crippen molar-refractivity contribution in [2.24, 2.45) is 0 Å². The molecule has 1 atom stereocenters. The Hall–Kier alpha value is -1.13. The molecule has 3 nitrogen and oxygen atoms in total. The van der Waals surface area contributed by atoms with Crippen LogP contribution < -0.4 is 15.8 Å². The predicted octanol–water partition coefficient (Wildman–Crippen LogP) is 1.62. The molecular weight excluding hydrogens is 194 g/mol. The molecule has 2 rings (SSSR count). The van der Waals surface area contributed by atoms with Crippen LogP contribution in [0.25, 0.3) is 0 Å². The largest absolute Gasteiger partial charge is 0.344 e. The summed E-state index contributed by atoms with van der Waals surface area (Å²) in [4.78, 5) is 0. The van der Waals surface area contributed by atoms with Crippen molar-refractivity contribution >= 4 is 23.0 Å². The van der Waals surface area contributed by atoms with E-state index in [-0.39, 0.29) is 6.17 Å². The second-order valence-electron chi connectivity index (χ2n) is 3.21. The highest BCUT2D eigenvalue weighted by Gasteiger charge is 2.24. The number of nitrogens with one attached hydrogen (secondary N) is 2. The van der Waals surface area contributed by atoms with Gasteiger partial charge in [0.1, 0.15) is 0 Å². The third-order valence-electron chi connectivity index (χ3n) is 2.21. The molecule has 74 valence electrons. The fourth-order valence-corrected chi connectivity index (χ4v) is 1.72. The van der Waals surface area contributed by atoms with Gasteiger partial charge in [-0.3, -0.25) is 5.01 Å². The van der Waals surface area contributed by atoms with Crippen molar-refractivity contribution in [1.82, 2.24) is 10.7 Å². The van der Waals surface area contributed by atoms with E-state index in [2.05, 4.69) is 17.7 Å². The number of para-hydroxylation sites is 1. The summed E-state index contributed by atoms with van der Waals surface area (Å²) in [6, 6.07) is 10.0. The van der Waals surface area contributed by atoms with E-state index in [4.69, 9.17) is 12.2 Å². The van der Waals surface area contributed by atoms with Gasteiger partial charge in [-0.25, -0.2) is 5.43 Å². The highest BCUT2D eigenvalue weighted by Crippen LogP contribution is 2.14. The average molecular weight is 207 g/mol. The molecule has 2 N–H and O–H groups in total. The minimum Gasteiger partial charge on any atom is -0.344 e. The summed E-state index contributed by atoms with van der Waals surface area (Å²) >= 11 is 5.22. The first-order chi connectivity index (χ1) is 6.81. The van der Waals surface area contributed by atoms with Crippen molar-refractivity contribution in [3.05, 3.63) is 30.3 Å². The zero-order chi connectivity index (χ0) is 9.97. The molecule has 1 aromatic carbocycles. The number of nitrogens with zero attached hydrogens (tertiary/aromatic N) is 1. The lowest BCUT2D eigenvalue weighted by molar-refractivity contribution is 0.537. The van der Waals surface area contributed by atoms with Gasteiger partial charge in [-0.05, 0) is 30.8 Å². The second kappa shape index (κ2) is 3.94. The van der Waals surface area contributed by atoms with Crippen LogP contribution in [0.2, 0.25) is 0 Å². The lowest BCUT2D eigenvalue weighted by Crippen LogP contribution is -2.36. The molecule has 1 aliphatic heterocycles. The summed E-state index contributed by atoms with van der Waals surface area (Å²) in [5.41, 5.74) is 4.36. The SMILES string of the molecule is CCC1NC(=S)N(c2ccccc2)N1. The average Bonchev–Trinajstić information content (AvgIpc) is 2.61. The first-order valence-electron chi connectivity index (χ1n) is 4.73. The molecule has 0 radical (unpaired) electrons. The first-order valence-corrected chi connectivity index (χ1v) is 5.14. The van der Waals surface area contributed by atoms with E-state index in [0.717, 1.165) is 17.2 Å². The van der Waals surface area contributed by atoms with E-state index in [9.17, 15) is 0 Å². The molecule has 0 bridgehead atoms. The topological polar surface area (TPSA) is 27.3 Å². The molecule has 1 unspecified atom stereocenters. The summed E-state index contributed by atoms with van der Waals surface area (Å²) in [6.07, 6.45) is 1.26. The van der Waals surface area contributed by atoms with Crippen LogP contribution in [0.4, 0.5) is 5.69 Å². The van der Waals surface area contributed by atoms with Gasteiger partial charge in [-0.1, -0.05) is 25.1 Å². The number of hydrogen-bond acceptors (Lipinski definition) is 2. The van der Waals surface area contributed by atoms with Crippen molar-refractivity contribution in [1.29, 1.82) is 0 Å². The van der Waals surface area contributed by atoms with E-state index >= 15 is 0 Å². The molecule has 0 spiro atoms. The Kier molecular flexibility index (Phi) is 2.65. The van der Waals surface area contributed by atoms with Gasteiger partial charge in [-0.15, -0.1) is 0 Å². The van der Waals surface area contributed by atoms with Crippen LogP contribution in [0.3, 0.4) is 0 Å². The maximum atomic E-state index is 5.22. The van der Waals surface area contributed by atoms with Gasteiger partial charge >= 0.3 is 0 Å². The van der Waals surface area contributed by atoms with Crippen molar-refractivity contribution in [2.45, 2.75) is 19.5 Å². The summed E-state index contributed by atoms with van der Waals surface area (Å²) in [6.45, 7) is 2.11. The smallest absolute Gasteiger partial charge is 0.189 e. The van der Waals surface area contributed by atoms with Crippen LogP contribution >= 0.6 is 12.2 Å². The number of hydrazine groups is 1. The molecule has 0 aliphatic carbocycles. The van der Waals surface area contributed by atoms with Crippen molar-refractivity contribution in [3.63, 3.8) is 0 Å². The quantitative estimate of drug-likeness (QED) is 0.721. The maximum Gasteiger partial charge on any atom is 0.189 e. The van der Waals surface area contributed by atoms with Gasteiger partial charge < -0.3 is 5.32 Å². The van der Waals surface area contributed by atoms with Gasteiger partial charge in [0.25, 0.3) is 0 Å². The second-order valence-corrected chi connectivity index (χ2v) is 3.60. The van der Waals surface area contributed by atoms with Crippen molar-refractivity contribution < 1.29 is 0 Å². The van der Waals surface area contributed by atoms with Crippen molar-refractivity contribution in [2.75, 3.05) is 5.01 Å². The van der Waals surface area contributed by atoms with Gasteiger partial charge in [0.05, 0.1) is 11.9 Å². The van der Waals surface area contributed by atoms with E-state index in [1.807, 2.05) is 35.3 Å². The number of anilines is 1. The first kappa shape index (κ1) is 9.43. The third kappa shape index (κ3) is 1.71. The van der Waals surface area contributed by atoms with Gasteiger partial charge in [0, 0.05) is 0 Å². The molecule has 4 heteroatoms. The lowest BCUT2D eigenvalue weighted by Gasteiger charge is -2.16. The summed E-state index contributed by atoms with van der Waals surface area (Å²) in [5, 5.41) is 5.84. The minimum absolute atomic E-state index is 0.253.